The van der Waals surface area contributed by atoms with E-state index in [0.717, 1.165) is 11.6 Å². The Morgan fingerprint density at radius 1 is 0.958 bits per heavy atom. The highest BCUT2D eigenvalue weighted by Crippen LogP contribution is 2.40. The highest BCUT2D eigenvalue weighted by atomic mass is 19.1. The third-order valence-corrected chi connectivity index (χ3v) is 9.15. The van der Waals surface area contributed by atoms with E-state index in [2.05, 4.69) is 15.3 Å². The molecule has 248 valence electrons. The highest BCUT2D eigenvalue weighted by Gasteiger charge is 2.30. The number of nitrogens with one attached hydrogen (secondary N) is 1. The van der Waals surface area contributed by atoms with Crippen LogP contribution in [0.3, 0.4) is 0 Å². The van der Waals surface area contributed by atoms with Crippen LogP contribution >= 0.6 is 0 Å². The SMILES string of the molecule is COc1cc2ncnc(Oc3ccc(NC(=O)c4cn5c6c(c(N7CCC(O)CC7)c(F)cc6c4=O)CCC5C)cc3F)c2cc1OC. The van der Waals surface area contributed by atoms with Crippen molar-refractivity contribution in [3.8, 4) is 23.1 Å². The maximum Gasteiger partial charge on any atom is 0.261 e. The summed E-state index contributed by atoms with van der Waals surface area (Å²) in [6.45, 7) is 3.00. The van der Waals surface area contributed by atoms with E-state index in [1.165, 1.54) is 44.9 Å². The molecular formula is C35H33F2N5O6. The van der Waals surface area contributed by atoms with Gasteiger partial charge in [-0.25, -0.2) is 18.7 Å². The standard InChI is InChI=1S/C35H33F2N5O6/c1-18-4-6-21-31-23(13-26(37)32(21)41-10-8-20(43)9-11-41)33(44)24(16-42(18)31)34(45)40-19-5-7-28(25(36)12-19)48-35-22-14-29(46-2)30(47-3)15-27(22)38-17-39-35/h5,7,12-18,20,43H,4,6,8-11H2,1-3H3,(H,40,45). The van der Waals surface area contributed by atoms with Crippen LogP contribution in [0, 0.1) is 11.6 Å². The molecule has 1 unspecified atom stereocenters. The van der Waals surface area contributed by atoms with Crippen molar-refractivity contribution in [1.29, 1.82) is 0 Å². The zero-order chi connectivity index (χ0) is 33.7. The van der Waals surface area contributed by atoms with Crippen molar-refractivity contribution in [3.05, 3.63) is 81.9 Å². The third kappa shape index (κ3) is 5.43. The van der Waals surface area contributed by atoms with Crippen molar-refractivity contribution in [2.45, 2.75) is 44.8 Å². The van der Waals surface area contributed by atoms with Crippen LogP contribution in [0.15, 0.2) is 53.7 Å². The second-order valence-corrected chi connectivity index (χ2v) is 12.1. The van der Waals surface area contributed by atoms with Gasteiger partial charge in [-0.05, 0) is 56.9 Å². The first kappa shape index (κ1) is 31.3. The topological polar surface area (TPSA) is 128 Å². The number of hydrogen-bond acceptors (Lipinski definition) is 9. The van der Waals surface area contributed by atoms with Crippen molar-refractivity contribution < 1.29 is 32.9 Å². The molecule has 0 spiro atoms. The number of aryl methyl sites for hydroxylation is 1. The van der Waals surface area contributed by atoms with Gasteiger partial charge >= 0.3 is 0 Å². The van der Waals surface area contributed by atoms with Gasteiger partial charge in [0, 0.05) is 54.1 Å². The van der Waals surface area contributed by atoms with E-state index in [-0.39, 0.29) is 34.3 Å². The molecule has 2 aliphatic rings. The molecule has 2 aliphatic heterocycles. The number of carbonyl (C=O) groups excluding carboxylic acids is 1. The summed E-state index contributed by atoms with van der Waals surface area (Å²) in [6.07, 6.45) is 4.71. The Morgan fingerprint density at radius 2 is 1.71 bits per heavy atom. The molecule has 7 rings (SSSR count). The van der Waals surface area contributed by atoms with Crippen LogP contribution in [-0.4, -0.2) is 59.0 Å². The molecule has 48 heavy (non-hydrogen) atoms. The monoisotopic (exact) mass is 657 g/mol. The first-order chi connectivity index (χ1) is 23.2. The molecule has 0 aliphatic carbocycles. The Hall–Kier alpha value is -5.30. The fraction of sp³-hybridized carbons (Fsp3) is 0.314. The van der Waals surface area contributed by atoms with Gasteiger partial charge in [0.25, 0.3) is 5.91 Å². The largest absolute Gasteiger partial charge is 0.493 e. The first-order valence-corrected chi connectivity index (χ1v) is 15.7. The Labute approximate surface area is 273 Å². The fourth-order valence-electron chi connectivity index (χ4n) is 6.63. The van der Waals surface area contributed by atoms with E-state index in [4.69, 9.17) is 14.2 Å². The van der Waals surface area contributed by atoms with Crippen LogP contribution in [0.5, 0.6) is 23.1 Å². The summed E-state index contributed by atoms with van der Waals surface area (Å²) in [6, 6.07) is 8.28. The van der Waals surface area contributed by atoms with Gasteiger partial charge < -0.3 is 34.1 Å². The second-order valence-electron chi connectivity index (χ2n) is 12.1. The second kappa shape index (κ2) is 12.4. The number of carbonyl (C=O) groups is 1. The zero-order valence-electron chi connectivity index (χ0n) is 26.5. The maximum atomic E-state index is 15.7. The minimum atomic E-state index is -0.788. The van der Waals surface area contributed by atoms with Gasteiger partial charge in [-0.1, -0.05) is 0 Å². The Balaban J connectivity index is 1.18. The van der Waals surface area contributed by atoms with E-state index in [9.17, 15) is 14.7 Å². The van der Waals surface area contributed by atoms with Gasteiger partial charge in [0.1, 0.15) is 17.7 Å². The molecule has 0 saturated carbocycles. The quantitative estimate of drug-likeness (QED) is 0.225. The summed E-state index contributed by atoms with van der Waals surface area (Å²) in [5.74, 6) is -1.28. The molecule has 1 atom stereocenters. The van der Waals surface area contributed by atoms with Crippen molar-refractivity contribution in [1.82, 2.24) is 14.5 Å². The molecule has 2 aromatic heterocycles. The Kier molecular flexibility index (Phi) is 8.07. The normalized spacial score (nSPS) is 16.3. The molecule has 11 nitrogen and oxygen atoms in total. The summed E-state index contributed by atoms with van der Waals surface area (Å²) >= 11 is 0. The highest BCUT2D eigenvalue weighted by molar-refractivity contribution is 6.06. The van der Waals surface area contributed by atoms with E-state index in [1.807, 2.05) is 16.4 Å². The number of anilines is 2. The molecule has 4 heterocycles. The first-order valence-electron chi connectivity index (χ1n) is 15.7. The van der Waals surface area contributed by atoms with E-state index >= 15 is 8.78 Å². The number of pyridine rings is 1. The number of rotatable bonds is 7. The van der Waals surface area contributed by atoms with E-state index in [0.29, 0.717) is 72.4 Å². The lowest BCUT2D eigenvalue weighted by Crippen LogP contribution is -2.37. The minimum Gasteiger partial charge on any atom is -0.493 e. The molecule has 3 aromatic carbocycles. The lowest BCUT2D eigenvalue weighted by atomic mass is 9.92. The number of halogens is 2. The average molecular weight is 658 g/mol. The van der Waals surface area contributed by atoms with Crippen molar-refractivity contribution in [3.63, 3.8) is 0 Å². The van der Waals surface area contributed by atoms with Crippen LogP contribution in [-0.2, 0) is 6.42 Å². The average Bonchev–Trinajstić information content (AvgIpc) is 3.08. The number of methoxy groups -OCH3 is 2. The lowest BCUT2D eigenvalue weighted by molar-refractivity contribution is 0.102. The number of aliphatic hydroxyl groups excluding tert-OH is 1. The summed E-state index contributed by atoms with van der Waals surface area (Å²) in [4.78, 5) is 37.5. The van der Waals surface area contributed by atoms with Gasteiger partial charge in [0.05, 0.1) is 42.4 Å². The number of fused-ring (bicyclic) bond motifs is 1. The van der Waals surface area contributed by atoms with Crippen LogP contribution < -0.4 is 29.9 Å². The predicted molar refractivity (Wildman–Crippen MR) is 176 cm³/mol. The van der Waals surface area contributed by atoms with E-state index < -0.39 is 29.1 Å². The van der Waals surface area contributed by atoms with Gasteiger partial charge in [0.2, 0.25) is 11.3 Å². The summed E-state index contributed by atoms with van der Waals surface area (Å²) in [7, 11) is 2.99. The molecule has 1 saturated heterocycles. The smallest absolute Gasteiger partial charge is 0.261 e. The molecule has 0 bridgehead atoms. The number of piperidine rings is 1. The molecule has 1 fully saturated rings. The number of benzene rings is 3. The van der Waals surface area contributed by atoms with Crippen LogP contribution in [0.1, 0.15) is 48.1 Å². The predicted octanol–water partition coefficient (Wildman–Crippen LogP) is 5.75. The number of aliphatic hydroxyl groups is 1. The zero-order valence-corrected chi connectivity index (χ0v) is 26.5. The van der Waals surface area contributed by atoms with Gasteiger partial charge in [-0.2, -0.15) is 0 Å². The van der Waals surface area contributed by atoms with Crippen molar-refractivity contribution >= 4 is 39.1 Å². The van der Waals surface area contributed by atoms with Crippen LogP contribution in [0.4, 0.5) is 20.2 Å². The molecule has 1 amide bonds. The van der Waals surface area contributed by atoms with Crippen molar-refractivity contribution in [2.75, 3.05) is 37.5 Å². The lowest BCUT2D eigenvalue weighted by Gasteiger charge is -2.36. The van der Waals surface area contributed by atoms with Gasteiger partial charge in [-0.15, -0.1) is 0 Å². The summed E-state index contributed by atoms with van der Waals surface area (Å²) in [5, 5.41) is 13.1. The molecule has 13 heteroatoms. The molecule has 0 radical (unpaired) electrons. The number of hydrogen-bond donors (Lipinski definition) is 2. The minimum absolute atomic E-state index is 0.0542. The Bertz CT molecular complexity index is 2150. The van der Waals surface area contributed by atoms with Gasteiger partial charge in [-0.3, -0.25) is 9.59 Å². The molecule has 5 aromatic rings. The van der Waals surface area contributed by atoms with Gasteiger partial charge in [0.15, 0.2) is 23.1 Å². The molecule has 2 N–H and O–H groups in total. The van der Waals surface area contributed by atoms with Crippen LogP contribution in [0.2, 0.25) is 0 Å². The number of aromatic nitrogens is 3. The van der Waals surface area contributed by atoms with Crippen molar-refractivity contribution in [2.24, 2.45) is 0 Å². The van der Waals surface area contributed by atoms with Crippen LogP contribution in [0.25, 0.3) is 21.8 Å². The third-order valence-electron chi connectivity index (χ3n) is 9.15. The maximum absolute atomic E-state index is 15.7. The summed E-state index contributed by atoms with van der Waals surface area (Å²) < 4.78 is 49.4. The fourth-order valence-corrected chi connectivity index (χ4v) is 6.63. The number of nitrogens with zero attached hydrogens (tertiary/aromatic N) is 4. The summed E-state index contributed by atoms with van der Waals surface area (Å²) in [5.41, 5.74) is 1.58. The Morgan fingerprint density at radius 3 is 2.44 bits per heavy atom. The number of amides is 1. The van der Waals surface area contributed by atoms with E-state index in [1.54, 1.807) is 12.1 Å². The molecular weight excluding hydrogens is 624 g/mol. The number of ether oxygens (including phenoxy) is 3.